The maximum atomic E-state index is 11.8. The summed E-state index contributed by atoms with van der Waals surface area (Å²) in [7, 11) is 0. The Balaban J connectivity index is 4.29. The molecule has 0 aromatic carbocycles. The number of ether oxygens (including phenoxy) is 1. The molecule has 0 aromatic heterocycles. The molecular weight excluding hydrogens is 189 g/mol. The second-order valence-electron chi connectivity index (χ2n) is 2.22. The minimum atomic E-state index is -4.82. The highest BCUT2D eigenvalue weighted by atomic mass is 19.4. The molecule has 0 N–H and O–H groups in total. The van der Waals surface area contributed by atoms with Crippen LogP contribution in [0.5, 0.6) is 0 Å². The number of rotatable bonds is 3. The van der Waals surface area contributed by atoms with Crippen LogP contribution in [-0.2, 0) is 14.3 Å². The summed E-state index contributed by atoms with van der Waals surface area (Å²) >= 11 is 0. The van der Waals surface area contributed by atoms with Crippen molar-refractivity contribution in [3.8, 4) is 0 Å². The van der Waals surface area contributed by atoms with Gasteiger partial charge in [0.2, 0.25) is 0 Å². The lowest BCUT2D eigenvalue weighted by molar-refractivity contribution is -0.156. The van der Waals surface area contributed by atoms with Crippen LogP contribution in [0.4, 0.5) is 13.2 Å². The first-order chi connectivity index (χ1) is 5.79. The van der Waals surface area contributed by atoms with Crippen LogP contribution in [0.2, 0.25) is 0 Å². The third-order valence-electron chi connectivity index (χ3n) is 1.07. The van der Waals surface area contributed by atoms with E-state index in [0.717, 1.165) is 6.92 Å². The van der Waals surface area contributed by atoms with Gasteiger partial charge < -0.3 is 4.74 Å². The summed E-state index contributed by atoms with van der Waals surface area (Å²) < 4.78 is 39.4. The molecule has 0 aliphatic rings. The number of alkyl halides is 3. The molecule has 0 aliphatic carbocycles. The van der Waals surface area contributed by atoms with Gasteiger partial charge in [-0.3, -0.25) is 4.79 Å². The van der Waals surface area contributed by atoms with E-state index >= 15 is 0 Å². The Morgan fingerprint density at radius 2 is 2.00 bits per heavy atom. The summed E-state index contributed by atoms with van der Waals surface area (Å²) in [5.74, 6) is -1.63. The van der Waals surface area contributed by atoms with Gasteiger partial charge in [0.1, 0.15) is 5.57 Å². The molecule has 0 amide bonds. The smallest absolute Gasteiger partial charge is 0.422 e. The van der Waals surface area contributed by atoms with Gasteiger partial charge in [0.05, 0.1) is 0 Å². The molecule has 0 bridgehead atoms. The number of halogens is 3. The standard InChI is InChI=1S/C7H7F3O3/c1-4(3-11)13-6(12)5(2)7(8,9)10/h3-4H,2H2,1H3. The molecule has 0 spiro atoms. The minimum Gasteiger partial charge on any atom is -0.451 e. The van der Waals surface area contributed by atoms with Crippen LogP contribution < -0.4 is 0 Å². The molecule has 0 heterocycles. The first-order valence-corrected chi connectivity index (χ1v) is 3.21. The van der Waals surface area contributed by atoms with E-state index in [1.165, 1.54) is 0 Å². The number of aldehydes is 1. The molecule has 0 saturated heterocycles. The van der Waals surface area contributed by atoms with E-state index in [4.69, 9.17) is 0 Å². The predicted octanol–water partition coefficient (Wildman–Crippen LogP) is 1.24. The maximum absolute atomic E-state index is 11.8. The molecule has 0 aromatic rings. The Labute approximate surface area is 72.2 Å². The van der Waals surface area contributed by atoms with Crippen LogP contribution in [-0.4, -0.2) is 24.5 Å². The molecule has 13 heavy (non-hydrogen) atoms. The Morgan fingerprint density at radius 1 is 1.54 bits per heavy atom. The fraction of sp³-hybridized carbons (Fsp3) is 0.429. The van der Waals surface area contributed by atoms with E-state index in [1.54, 1.807) is 0 Å². The largest absolute Gasteiger partial charge is 0.451 e. The van der Waals surface area contributed by atoms with Crippen molar-refractivity contribution in [2.75, 3.05) is 0 Å². The van der Waals surface area contributed by atoms with E-state index in [2.05, 4.69) is 11.3 Å². The van der Waals surface area contributed by atoms with Gasteiger partial charge in [-0.25, -0.2) is 4.79 Å². The summed E-state index contributed by atoms with van der Waals surface area (Å²) in [4.78, 5) is 20.5. The molecule has 6 heteroatoms. The highest BCUT2D eigenvalue weighted by molar-refractivity contribution is 5.90. The Hall–Kier alpha value is -1.33. The minimum absolute atomic E-state index is 0.210. The normalized spacial score (nSPS) is 13.2. The Kier molecular flexibility index (Phi) is 3.65. The summed E-state index contributed by atoms with van der Waals surface area (Å²) in [5, 5.41) is 0. The maximum Gasteiger partial charge on any atom is 0.422 e. The highest BCUT2D eigenvalue weighted by Gasteiger charge is 2.38. The van der Waals surface area contributed by atoms with Crippen molar-refractivity contribution >= 4 is 12.3 Å². The molecule has 0 rings (SSSR count). The van der Waals surface area contributed by atoms with Crippen molar-refractivity contribution in [1.82, 2.24) is 0 Å². The molecule has 1 unspecified atom stereocenters. The van der Waals surface area contributed by atoms with E-state index < -0.39 is 23.8 Å². The van der Waals surface area contributed by atoms with E-state index in [9.17, 15) is 22.8 Å². The van der Waals surface area contributed by atoms with Crippen LogP contribution in [0, 0.1) is 0 Å². The Bertz CT molecular complexity index is 232. The predicted molar refractivity (Wildman–Crippen MR) is 36.8 cm³/mol. The molecule has 0 fully saturated rings. The van der Waals surface area contributed by atoms with Crippen LogP contribution in [0.25, 0.3) is 0 Å². The van der Waals surface area contributed by atoms with E-state index in [1.807, 2.05) is 0 Å². The molecular formula is C7H7F3O3. The van der Waals surface area contributed by atoms with Crippen molar-refractivity contribution in [3.63, 3.8) is 0 Å². The average Bonchev–Trinajstić information content (AvgIpc) is 2.01. The number of carbonyl (C=O) groups is 2. The van der Waals surface area contributed by atoms with Crippen LogP contribution in [0.3, 0.4) is 0 Å². The molecule has 3 nitrogen and oxygen atoms in total. The zero-order valence-electron chi connectivity index (χ0n) is 6.72. The fourth-order valence-corrected chi connectivity index (χ4v) is 0.383. The molecule has 0 saturated carbocycles. The second-order valence-corrected chi connectivity index (χ2v) is 2.22. The van der Waals surface area contributed by atoms with Gasteiger partial charge in [0, 0.05) is 0 Å². The van der Waals surface area contributed by atoms with E-state index in [0.29, 0.717) is 0 Å². The number of esters is 1. The SMILES string of the molecule is C=C(C(=O)OC(C)C=O)C(F)(F)F. The molecule has 0 aliphatic heterocycles. The third kappa shape index (κ3) is 3.73. The third-order valence-corrected chi connectivity index (χ3v) is 1.07. The lowest BCUT2D eigenvalue weighted by atomic mass is 10.3. The lowest BCUT2D eigenvalue weighted by Crippen LogP contribution is -2.24. The second kappa shape index (κ2) is 4.06. The van der Waals surface area contributed by atoms with Gasteiger partial charge in [-0.2, -0.15) is 13.2 Å². The number of hydrogen-bond donors (Lipinski definition) is 0. The van der Waals surface area contributed by atoms with Crippen molar-refractivity contribution in [2.24, 2.45) is 0 Å². The fourth-order valence-electron chi connectivity index (χ4n) is 0.383. The van der Waals surface area contributed by atoms with Gasteiger partial charge in [-0.05, 0) is 6.92 Å². The summed E-state index contributed by atoms with van der Waals surface area (Å²) in [6, 6.07) is 0. The molecule has 74 valence electrons. The van der Waals surface area contributed by atoms with Gasteiger partial charge >= 0.3 is 12.1 Å². The molecule has 1 atom stereocenters. The summed E-state index contributed by atoms with van der Waals surface area (Å²) in [6.45, 7) is 3.65. The first-order valence-electron chi connectivity index (χ1n) is 3.21. The zero-order chi connectivity index (χ0) is 10.6. The summed E-state index contributed by atoms with van der Waals surface area (Å²) in [6.07, 6.45) is -5.81. The average molecular weight is 196 g/mol. The Morgan fingerprint density at radius 3 is 2.31 bits per heavy atom. The van der Waals surface area contributed by atoms with Gasteiger partial charge in [0.25, 0.3) is 0 Å². The van der Waals surface area contributed by atoms with Crippen molar-refractivity contribution < 1.29 is 27.5 Å². The first kappa shape index (κ1) is 11.7. The van der Waals surface area contributed by atoms with Crippen LogP contribution >= 0.6 is 0 Å². The lowest BCUT2D eigenvalue weighted by Gasteiger charge is -2.10. The van der Waals surface area contributed by atoms with Crippen molar-refractivity contribution in [2.45, 2.75) is 19.2 Å². The van der Waals surface area contributed by atoms with Crippen molar-refractivity contribution in [1.29, 1.82) is 0 Å². The van der Waals surface area contributed by atoms with E-state index in [-0.39, 0.29) is 6.29 Å². The summed E-state index contributed by atoms with van der Waals surface area (Å²) in [5.41, 5.74) is -1.62. The monoisotopic (exact) mass is 196 g/mol. The molecule has 0 radical (unpaired) electrons. The topological polar surface area (TPSA) is 43.4 Å². The van der Waals surface area contributed by atoms with Gasteiger partial charge in [0.15, 0.2) is 12.4 Å². The highest BCUT2D eigenvalue weighted by Crippen LogP contribution is 2.24. The number of hydrogen-bond acceptors (Lipinski definition) is 3. The van der Waals surface area contributed by atoms with Gasteiger partial charge in [-0.1, -0.05) is 6.58 Å². The number of carbonyl (C=O) groups excluding carboxylic acids is 2. The quantitative estimate of drug-likeness (QED) is 0.387. The van der Waals surface area contributed by atoms with Crippen LogP contribution in [0.1, 0.15) is 6.92 Å². The van der Waals surface area contributed by atoms with Crippen LogP contribution in [0.15, 0.2) is 12.2 Å². The zero-order valence-corrected chi connectivity index (χ0v) is 6.72. The van der Waals surface area contributed by atoms with Crippen molar-refractivity contribution in [3.05, 3.63) is 12.2 Å². The van der Waals surface area contributed by atoms with Gasteiger partial charge in [-0.15, -0.1) is 0 Å².